The Morgan fingerprint density at radius 1 is 1.15 bits per heavy atom. The number of aliphatic hydroxyl groups excluding tert-OH is 1. The van der Waals surface area contributed by atoms with Crippen molar-refractivity contribution in [3.63, 3.8) is 0 Å². The number of nitrogens with two attached hydrogens (primary N) is 1. The molecule has 9 heteroatoms. The number of nitrogens with one attached hydrogen (secondary N) is 1. The standard InChI is InChI=1S/C25H27N7O2/c1-2-25(34,17-7-4-3-5-8-17)22-13-21(29-24(26)30-22)20-16-32(23-19(20)9-6-10-27-23)18-14-28-31(15-18)11-12-33/h3-10,13-14,16,28,33-34H,2,11-12,15H2,1H3,(H2,26,29,30). The number of nitrogens with zero attached hydrogens (tertiary/aromatic N) is 5. The van der Waals surface area contributed by atoms with Gasteiger partial charge in [0.05, 0.1) is 30.2 Å². The summed E-state index contributed by atoms with van der Waals surface area (Å²) in [7, 11) is 0. The Hall–Kier alpha value is -3.79. The Balaban J connectivity index is 1.62. The molecule has 5 rings (SSSR count). The third-order valence-corrected chi connectivity index (χ3v) is 6.22. The molecule has 0 amide bonds. The van der Waals surface area contributed by atoms with Gasteiger partial charge >= 0.3 is 0 Å². The second-order valence-electron chi connectivity index (χ2n) is 8.27. The lowest BCUT2D eigenvalue weighted by Crippen LogP contribution is -2.33. The van der Waals surface area contributed by atoms with Crippen molar-refractivity contribution in [3.05, 3.63) is 78.4 Å². The topological polar surface area (TPSA) is 125 Å². The molecule has 0 saturated carbocycles. The number of aliphatic hydroxyl groups is 2. The Labute approximate surface area is 197 Å². The summed E-state index contributed by atoms with van der Waals surface area (Å²) in [6.07, 6.45) is 6.06. The summed E-state index contributed by atoms with van der Waals surface area (Å²) in [6.45, 7) is 3.11. The fourth-order valence-corrected chi connectivity index (χ4v) is 4.41. The lowest BCUT2D eigenvalue weighted by molar-refractivity contribution is 0.0720. The number of hydrazine groups is 1. The number of fused-ring (bicyclic) bond motifs is 1. The molecule has 9 nitrogen and oxygen atoms in total. The SMILES string of the molecule is CCC(O)(c1ccccc1)c1cc(-c2cn(C3=CNN(CCO)C3)c3ncccc23)nc(N)n1. The van der Waals surface area contributed by atoms with Crippen molar-refractivity contribution in [1.82, 2.24) is 30.0 Å². The highest BCUT2D eigenvalue weighted by Crippen LogP contribution is 2.36. The van der Waals surface area contributed by atoms with Gasteiger partial charge in [-0.15, -0.1) is 0 Å². The van der Waals surface area contributed by atoms with Gasteiger partial charge in [-0.1, -0.05) is 37.3 Å². The number of rotatable bonds is 7. The van der Waals surface area contributed by atoms with E-state index in [1.807, 2.05) is 71.4 Å². The Kier molecular flexibility index (Phi) is 5.74. The number of aromatic nitrogens is 4. The van der Waals surface area contributed by atoms with Crippen LogP contribution in [0.5, 0.6) is 0 Å². The molecule has 1 aliphatic rings. The molecule has 1 unspecified atom stereocenters. The third-order valence-electron chi connectivity index (χ3n) is 6.22. The van der Waals surface area contributed by atoms with Crippen molar-refractivity contribution in [2.24, 2.45) is 0 Å². The number of hydrogen-bond donors (Lipinski definition) is 4. The van der Waals surface area contributed by atoms with Crippen LogP contribution in [0.4, 0.5) is 5.95 Å². The molecule has 0 bridgehead atoms. The maximum atomic E-state index is 11.6. The van der Waals surface area contributed by atoms with E-state index in [2.05, 4.69) is 20.4 Å². The molecule has 0 spiro atoms. The molecular formula is C25H27N7O2. The Morgan fingerprint density at radius 2 is 1.97 bits per heavy atom. The maximum absolute atomic E-state index is 11.6. The van der Waals surface area contributed by atoms with Crippen molar-refractivity contribution >= 4 is 22.7 Å². The van der Waals surface area contributed by atoms with E-state index in [0.717, 1.165) is 27.9 Å². The van der Waals surface area contributed by atoms with E-state index >= 15 is 0 Å². The highest BCUT2D eigenvalue weighted by molar-refractivity contribution is 5.95. The van der Waals surface area contributed by atoms with E-state index in [1.165, 1.54) is 0 Å². The zero-order valence-corrected chi connectivity index (χ0v) is 18.9. The first-order valence-corrected chi connectivity index (χ1v) is 11.2. The number of benzene rings is 1. The normalized spacial score (nSPS) is 15.8. The molecule has 174 valence electrons. The number of anilines is 1. The number of β-amino-alcohol motifs (C(OH)–C–C–N with tert-alkyl or cyclic N) is 1. The smallest absolute Gasteiger partial charge is 0.220 e. The highest BCUT2D eigenvalue weighted by atomic mass is 16.3. The maximum Gasteiger partial charge on any atom is 0.220 e. The summed E-state index contributed by atoms with van der Waals surface area (Å²) >= 11 is 0. The summed E-state index contributed by atoms with van der Waals surface area (Å²) < 4.78 is 2.01. The molecule has 4 aromatic rings. The molecule has 1 atom stereocenters. The molecule has 0 fully saturated rings. The van der Waals surface area contributed by atoms with Gasteiger partial charge in [-0.25, -0.2) is 20.0 Å². The van der Waals surface area contributed by atoms with E-state index < -0.39 is 5.60 Å². The van der Waals surface area contributed by atoms with Gasteiger partial charge in [0.1, 0.15) is 11.2 Å². The quantitative estimate of drug-likeness (QED) is 0.333. The van der Waals surface area contributed by atoms with Crippen LogP contribution >= 0.6 is 0 Å². The average Bonchev–Trinajstić information content (AvgIpc) is 3.48. The number of pyridine rings is 1. The second-order valence-corrected chi connectivity index (χ2v) is 8.27. The van der Waals surface area contributed by atoms with Crippen LogP contribution in [0.3, 0.4) is 0 Å². The van der Waals surface area contributed by atoms with Crippen LogP contribution in [0, 0.1) is 0 Å². The first-order chi connectivity index (χ1) is 16.5. The fourth-order valence-electron chi connectivity index (χ4n) is 4.41. The van der Waals surface area contributed by atoms with Gasteiger partial charge in [-0.3, -0.25) is 0 Å². The van der Waals surface area contributed by atoms with E-state index in [9.17, 15) is 10.2 Å². The molecule has 0 saturated heterocycles. The first-order valence-electron chi connectivity index (χ1n) is 11.2. The van der Waals surface area contributed by atoms with E-state index in [1.54, 1.807) is 12.3 Å². The van der Waals surface area contributed by atoms with Gasteiger partial charge in [0.15, 0.2) is 0 Å². The van der Waals surface area contributed by atoms with Crippen LogP contribution in [0.2, 0.25) is 0 Å². The predicted molar refractivity (Wildman–Crippen MR) is 131 cm³/mol. The van der Waals surface area contributed by atoms with Gasteiger partial charge in [-0.05, 0) is 30.2 Å². The van der Waals surface area contributed by atoms with Crippen LogP contribution in [0.15, 0.2) is 67.1 Å². The minimum absolute atomic E-state index is 0.0643. The lowest BCUT2D eigenvalue weighted by Gasteiger charge is -2.27. The fraction of sp³-hybridized carbons (Fsp3) is 0.240. The van der Waals surface area contributed by atoms with Crippen LogP contribution in [-0.4, -0.2) is 54.4 Å². The molecule has 0 radical (unpaired) electrons. The van der Waals surface area contributed by atoms with Crippen molar-refractivity contribution in [1.29, 1.82) is 0 Å². The molecule has 34 heavy (non-hydrogen) atoms. The molecular weight excluding hydrogens is 430 g/mol. The molecule has 0 aliphatic carbocycles. The van der Waals surface area contributed by atoms with E-state index in [4.69, 9.17) is 5.73 Å². The van der Waals surface area contributed by atoms with Crippen LogP contribution < -0.4 is 11.2 Å². The minimum Gasteiger partial charge on any atom is -0.395 e. The van der Waals surface area contributed by atoms with Crippen molar-refractivity contribution < 1.29 is 10.2 Å². The summed E-state index contributed by atoms with van der Waals surface area (Å²) in [5, 5.41) is 23.7. The summed E-state index contributed by atoms with van der Waals surface area (Å²) in [5.41, 5.74) is 12.4. The van der Waals surface area contributed by atoms with Crippen molar-refractivity contribution in [2.45, 2.75) is 18.9 Å². The largest absolute Gasteiger partial charge is 0.395 e. The molecule has 3 aromatic heterocycles. The van der Waals surface area contributed by atoms with Gasteiger partial charge < -0.3 is 25.9 Å². The van der Waals surface area contributed by atoms with E-state index in [0.29, 0.717) is 30.9 Å². The van der Waals surface area contributed by atoms with Gasteiger partial charge in [0.25, 0.3) is 0 Å². The molecule has 5 N–H and O–H groups in total. The summed E-state index contributed by atoms with van der Waals surface area (Å²) in [4.78, 5) is 13.5. The van der Waals surface area contributed by atoms with Gasteiger partial charge in [0.2, 0.25) is 5.95 Å². The predicted octanol–water partition coefficient (Wildman–Crippen LogP) is 2.33. The monoisotopic (exact) mass is 457 g/mol. The number of nitrogen functional groups attached to an aromatic ring is 1. The zero-order valence-electron chi connectivity index (χ0n) is 18.9. The van der Waals surface area contributed by atoms with Gasteiger partial charge in [0, 0.05) is 36.1 Å². The highest BCUT2D eigenvalue weighted by Gasteiger charge is 2.32. The second kappa shape index (κ2) is 8.86. The van der Waals surface area contributed by atoms with Crippen LogP contribution in [0.25, 0.3) is 28.0 Å². The summed E-state index contributed by atoms with van der Waals surface area (Å²) in [6, 6.07) is 15.1. The summed E-state index contributed by atoms with van der Waals surface area (Å²) in [5.74, 6) is 0.0935. The Morgan fingerprint density at radius 3 is 2.74 bits per heavy atom. The van der Waals surface area contributed by atoms with E-state index in [-0.39, 0.29) is 12.6 Å². The molecule has 1 aliphatic heterocycles. The lowest BCUT2D eigenvalue weighted by atomic mass is 9.87. The van der Waals surface area contributed by atoms with Crippen LogP contribution in [-0.2, 0) is 5.60 Å². The first kappa shape index (κ1) is 22.0. The molecule has 4 heterocycles. The average molecular weight is 458 g/mol. The third kappa shape index (κ3) is 3.79. The van der Waals surface area contributed by atoms with Gasteiger partial charge in [-0.2, -0.15) is 0 Å². The minimum atomic E-state index is -1.30. The van der Waals surface area contributed by atoms with Crippen LogP contribution in [0.1, 0.15) is 24.6 Å². The zero-order chi connectivity index (χ0) is 23.7. The van der Waals surface area contributed by atoms with Crippen molar-refractivity contribution in [3.8, 4) is 11.3 Å². The molecule has 1 aromatic carbocycles. The number of hydrogen-bond acceptors (Lipinski definition) is 8. The Bertz CT molecular complexity index is 1350. The van der Waals surface area contributed by atoms with Crippen molar-refractivity contribution in [2.75, 3.05) is 25.4 Å².